The van der Waals surface area contributed by atoms with E-state index >= 15 is 0 Å². The van der Waals surface area contributed by atoms with Crippen LogP contribution in [0.1, 0.15) is 23.8 Å². The van der Waals surface area contributed by atoms with Crippen LogP contribution in [0.2, 0.25) is 5.02 Å². The normalized spacial score (nSPS) is 10.3. The van der Waals surface area contributed by atoms with Crippen LogP contribution in [0.4, 0.5) is 0 Å². The third-order valence-electron chi connectivity index (χ3n) is 1.55. The summed E-state index contributed by atoms with van der Waals surface area (Å²) in [6.07, 6.45) is 2.30. The lowest BCUT2D eigenvalue weighted by Gasteiger charge is -1.95. The van der Waals surface area contributed by atoms with Crippen molar-refractivity contribution in [1.29, 1.82) is 0 Å². The number of thiophene rings is 1. The predicted molar refractivity (Wildman–Crippen MR) is 48.1 cm³/mol. The molecule has 0 aliphatic rings. The van der Waals surface area contributed by atoms with E-state index in [0.717, 1.165) is 11.4 Å². The summed E-state index contributed by atoms with van der Waals surface area (Å²) in [5.41, 5.74) is 1.34. The van der Waals surface area contributed by atoms with Gasteiger partial charge < -0.3 is 0 Å². The molecular formula is C8H11ClS. The summed E-state index contributed by atoms with van der Waals surface area (Å²) < 4.78 is 0. The SMILES string of the molecule is CCCc1c(Cl)csc1C. The molecule has 0 saturated carbocycles. The van der Waals surface area contributed by atoms with E-state index in [1.165, 1.54) is 16.9 Å². The van der Waals surface area contributed by atoms with Crippen molar-refractivity contribution < 1.29 is 0 Å². The first-order valence-corrected chi connectivity index (χ1v) is 4.74. The van der Waals surface area contributed by atoms with Crippen LogP contribution in [0.25, 0.3) is 0 Å². The molecule has 0 aliphatic carbocycles. The Morgan fingerprint density at radius 3 is 2.70 bits per heavy atom. The minimum Gasteiger partial charge on any atom is -0.147 e. The van der Waals surface area contributed by atoms with Crippen LogP contribution >= 0.6 is 22.9 Å². The zero-order valence-corrected chi connectivity index (χ0v) is 7.85. The highest BCUT2D eigenvalue weighted by atomic mass is 35.5. The molecule has 0 N–H and O–H groups in total. The lowest BCUT2D eigenvalue weighted by molar-refractivity contribution is 0.920. The molecule has 56 valence electrons. The number of rotatable bonds is 2. The van der Waals surface area contributed by atoms with Gasteiger partial charge in [0.1, 0.15) is 0 Å². The molecule has 0 atom stereocenters. The van der Waals surface area contributed by atoms with Gasteiger partial charge in [-0.1, -0.05) is 24.9 Å². The molecule has 0 aromatic carbocycles. The van der Waals surface area contributed by atoms with Gasteiger partial charge in [0.15, 0.2) is 0 Å². The summed E-state index contributed by atoms with van der Waals surface area (Å²) >= 11 is 7.67. The zero-order chi connectivity index (χ0) is 7.56. The molecule has 0 bridgehead atoms. The van der Waals surface area contributed by atoms with Crippen molar-refractivity contribution in [1.82, 2.24) is 0 Å². The average Bonchev–Trinajstić information content (AvgIpc) is 2.20. The predicted octanol–water partition coefficient (Wildman–Crippen LogP) is 3.66. The number of aryl methyl sites for hydroxylation is 1. The fourth-order valence-corrected chi connectivity index (χ4v) is 2.20. The van der Waals surface area contributed by atoms with E-state index in [1.807, 2.05) is 5.38 Å². The van der Waals surface area contributed by atoms with E-state index in [-0.39, 0.29) is 0 Å². The quantitative estimate of drug-likeness (QED) is 0.642. The molecule has 1 rings (SSSR count). The topological polar surface area (TPSA) is 0 Å². The molecule has 1 aromatic rings. The smallest absolute Gasteiger partial charge is 0.0547 e. The third-order valence-corrected chi connectivity index (χ3v) is 2.97. The Labute approximate surface area is 70.8 Å². The summed E-state index contributed by atoms with van der Waals surface area (Å²) in [7, 11) is 0. The molecule has 10 heavy (non-hydrogen) atoms. The second kappa shape index (κ2) is 3.40. The van der Waals surface area contributed by atoms with Gasteiger partial charge in [-0.2, -0.15) is 0 Å². The average molecular weight is 175 g/mol. The summed E-state index contributed by atoms with van der Waals surface area (Å²) in [6.45, 7) is 4.30. The maximum atomic E-state index is 5.93. The Hall–Kier alpha value is -0.0100. The highest BCUT2D eigenvalue weighted by molar-refractivity contribution is 7.10. The van der Waals surface area contributed by atoms with Crippen LogP contribution in [-0.2, 0) is 6.42 Å². The Balaban J connectivity index is 2.87. The molecule has 0 spiro atoms. The van der Waals surface area contributed by atoms with Gasteiger partial charge in [-0.25, -0.2) is 0 Å². The highest BCUT2D eigenvalue weighted by Gasteiger charge is 2.03. The second-order valence-electron chi connectivity index (χ2n) is 2.37. The summed E-state index contributed by atoms with van der Waals surface area (Å²) in [5.74, 6) is 0. The van der Waals surface area contributed by atoms with Crippen molar-refractivity contribution in [3.05, 3.63) is 20.8 Å². The van der Waals surface area contributed by atoms with Crippen LogP contribution in [0, 0.1) is 6.92 Å². The van der Waals surface area contributed by atoms with E-state index in [9.17, 15) is 0 Å². The Kier molecular flexibility index (Phi) is 2.75. The van der Waals surface area contributed by atoms with Crippen LogP contribution < -0.4 is 0 Å². The molecule has 2 heteroatoms. The monoisotopic (exact) mass is 174 g/mol. The van der Waals surface area contributed by atoms with Crippen molar-refractivity contribution in [3.8, 4) is 0 Å². The Bertz CT molecular complexity index is 196. The van der Waals surface area contributed by atoms with Gasteiger partial charge >= 0.3 is 0 Å². The third kappa shape index (κ3) is 1.53. The van der Waals surface area contributed by atoms with Crippen molar-refractivity contribution in [2.24, 2.45) is 0 Å². The molecule has 1 aromatic heterocycles. The first kappa shape index (κ1) is 8.09. The second-order valence-corrected chi connectivity index (χ2v) is 3.86. The van der Waals surface area contributed by atoms with Crippen molar-refractivity contribution in [2.75, 3.05) is 0 Å². The molecule has 1 heterocycles. The highest BCUT2D eigenvalue weighted by Crippen LogP contribution is 2.26. The maximum Gasteiger partial charge on any atom is 0.0547 e. The van der Waals surface area contributed by atoms with Crippen LogP contribution in [0.3, 0.4) is 0 Å². The standard InChI is InChI=1S/C8H11ClS/c1-3-4-7-6(2)10-5-8(7)9/h5H,3-4H2,1-2H3. The molecule has 0 radical (unpaired) electrons. The van der Waals surface area contributed by atoms with Crippen molar-refractivity contribution >= 4 is 22.9 Å². The molecule has 0 amide bonds. The molecule has 0 fully saturated rings. The molecule has 0 aliphatic heterocycles. The molecule has 0 saturated heterocycles. The van der Waals surface area contributed by atoms with Crippen LogP contribution in [0.5, 0.6) is 0 Å². The maximum absolute atomic E-state index is 5.93. The minimum absolute atomic E-state index is 0.948. The zero-order valence-electron chi connectivity index (χ0n) is 6.28. The fraction of sp³-hybridized carbons (Fsp3) is 0.500. The number of hydrogen-bond acceptors (Lipinski definition) is 1. The Morgan fingerprint density at radius 2 is 2.30 bits per heavy atom. The first-order valence-electron chi connectivity index (χ1n) is 3.48. The summed E-state index contributed by atoms with van der Waals surface area (Å²) in [5, 5.41) is 2.96. The lowest BCUT2D eigenvalue weighted by Crippen LogP contribution is -1.81. The van der Waals surface area contributed by atoms with E-state index < -0.39 is 0 Å². The van der Waals surface area contributed by atoms with Crippen LogP contribution in [0.15, 0.2) is 5.38 Å². The van der Waals surface area contributed by atoms with Gasteiger partial charge in [0.25, 0.3) is 0 Å². The Morgan fingerprint density at radius 1 is 1.60 bits per heavy atom. The number of halogens is 1. The number of hydrogen-bond donors (Lipinski definition) is 0. The van der Waals surface area contributed by atoms with Gasteiger partial charge in [0, 0.05) is 10.3 Å². The minimum atomic E-state index is 0.948. The summed E-state index contributed by atoms with van der Waals surface area (Å²) in [4.78, 5) is 1.37. The van der Waals surface area contributed by atoms with E-state index in [1.54, 1.807) is 11.3 Å². The lowest BCUT2D eigenvalue weighted by atomic mass is 10.1. The molecular weight excluding hydrogens is 164 g/mol. The van der Waals surface area contributed by atoms with Gasteiger partial charge in [0.05, 0.1) is 5.02 Å². The van der Waals surface area contributed by atoms with Gasteiger partial charge in [-0.15, -0.1) is 11.3 Å². The first-order chi connectivity index (χ1) is 4.75. The van der Waals surface area contributed by atoms with Crippen molar-refractivity contribution in [3.63, 3.8) is 0 Å². The summed E-state index contributed by atoms with van der Waals surface area (Å²) in [6, 6.07) is 0. The van der Waals surface area contributed by atoms with E-state index in [4.69, 9.17) is 11.6 Å². The molecule has 0 unspecified atom stereocenters. The van der Waals surface area contributed by atoms with Crippen LogP contribution in [-0.4, -0.2) is 0 Å². The molecule has 0 nitrogen and oxygen atoms in total. The van der Waals surface area contributed by atoms with Gasteiger partial charge in [-0.05, 0) is 18.9 Å². The van der Waals surface area contributed by atoms with Gasteiger partial charge in [-0.3, -0.25) is 0 Å². The van der Waals surface area contributed by atoms with E-state index in [2.05, 4.69) is 13.8 Å². The van der Waals surface area contributed by atoms with E-state index in [0.29, 0.717) is 0 Å². The van der Waals surface area contributed by atoms with Crippen molar-refractivity contribution in [2.45, 2.75) is 26.7 Å². The van der Waals surface area contributed by atoms with Gasteiger partial charge in [0.2, 0.25) is 0 Å². The fourth-order valence-electron chi connectivity index (χ4n) is 0.996. The largest absolute Gasteiger partial charge is 0.147 e.